The first-order valence-corrected chi connectivity index (χ1v) is 11.3. The van der Waals surface area contributed by atoms with E-state index in [1.54, 1.807) is 0 Å². The van der Waals surface area contributed by atoms with E-state index in [1.807, 2.05) is 77.8 Å². The molecule has 0 aliphatic heterocycles. The number of hydrogen-bond donors (Lipinski definition) is 1. The summed E-state index contributed by atoms with van der Waals surface area (Å²) in [5, 5.41) is 13.2. The molecule has 5 aromatic rings. The second-order valence-corrected chi connectivity index (χ2v) is 8.90. The SMILES string of the molecule is Cc1ccccc1Cn1nc(NC(=O)c2cc3c(C)nn(-c4ccccc4)c3s2)cc1C. The van der Waals surface area contributed by atoms with Gasteiger partial charge in [-0.25, -0.2) is 4.68 Å². The third-order valence-corrected chi connectivity index (χ3v) is 6.68. The monoisotopic (exact) mass is 441 g/mol. The van der Waals surface area contributed by atoms with E-state index >= 15 is 0 Å². The lowest BCUT2D eigenvalue weighted by Gasteiger charge is -2.07. The normalized spacial score (nSPS) is 11.2. The van der Waals surface area contributed by atoms with Crippen LogP contribution >= 0.6 is 11.3 Å². The van der Waals surface area contributed by atoms with Crippen molar-refractivity contribution in [2.75, 3.05) is 5.32 Å². The first-order chi connectivity index (χ1) is 15.5. The Morgan fingerprint density at radius 2 is 1.72 bits per heavy atom. The van der Waals surface area contributed by atoms with Gasteiger partial charge in [-0.15, -0.1) is 11.3 Å². The number of nitrogens with one attached hydrogen (secondary N) is 1. The van der Waals surface area contributed by atoms with Crippen molar-refractivity contribution in [3.05, 3.63) is 94.1 Å². The van der Waals surface area contributed by atoms with Gasteiger partial charge in [0.1, 0.15) is 4.83 Å². The zero-order chi connectivity index (χ0) is 22.2. The molecule has 3 heterocycles. The number of aromatic nitrogens is 4. The lowest BCUT2D eigenvalue weighted by Crippen LogP contribution is -2.11. The highest BCUT2D eigenvalue weighted by Gasteiger charge is 2.18. The van der Waals surface area contributed by atoms with Gasteiger partial charge in [-0.2, -0.15) is 10.2 Å². The Kier molecular flexibility index (Phi) is 5.11. The number of hydrogen-bond acceptors (Lipinski definition) is 4. The zero-order valence-corrected chi connectivity index (χ0v) is 19.0. The number of amides is 1. The van der Waals surface area contributed by atoms with E-state index in [1.165, 1.54) is 22.5 Å². The van der Waals surface area contributed by atoms with Crippen LogP contribution in [0.4, 0.5) is 5.82 Å². The smallest absolute Gasteiger partial charge is 0.267 e. The van der Waals surface area contributed by atoms with Crippen molar-refractivity contribution in [3.8, 4) is 5.69 Å². The number of thiophene rings is 1. The molecule has 6 nitrogen and oxygen atoms in total. The Labute approximate surface area is 190 Å². The summed E-state index contributed by atoms with van der Waals surface area (Å²) in [5.74, 6) is 0.394. The zero-order valence-electron chi connectivity index (χ0n) is 18.2. The van der Waals surface area contributed by atoms with Gasteiger partial charge in [0.25, 0.3) is 5.91 Å². The van der Waals surface area contributed by atoms with E-state index in [0.29, 0.717) is 17.2 Å². The Morgan fingerprint density at radius 3 is 2.50 bits per heavy atom. The van der Waals surface area contributed by atoms with Crippen molar-refractivity contribution in [1.82, 2.24) is 19.6 Å². The van der Waals surface area contributed by atoms with Crippen molar-refractivity contribution in [3.63, 3.8) is 0 Å². The van der Waals surface area contributed by atoms with Crippen LogP contribution in [-0.2, 0) is 6.54 Å². The summed E-state index contributed by atoms with van der Waals surface area (Å²) in [6, 6.07) is 22.0. The van der Waals surface area contributed by atoms with Gasteiger partial charge in [0.2, 0.25) is 0 Å². The number of nitrogens with zero attached hydrogens (tertiary/aromatic N) is 4. The van der Waals surface area contributed by atoms with E-state index in [0.717, 1.165) is 27.3 Å². The van der Waals surface area contributed by atoms with Crippen LogP contribution in [0.3, 0.4) is 0 Å². The average molecular weight is 442 g/mol. The van der Waals surface area contributed by atoms with Gasteiger partial charge in [0.15, 0.2) is 5.82 Å². The van der Waals surface area contributed by atoms with Gasteiger partial charge in [-0.1, -0.05) is 42.5 Å². The summed E-state index contributed by atoms with van der Waals surface area (Å²) in [7, 11) is 0. The lowest BCUT2D eigenvalue weighted by molar-refractivity contribution is 0.103. The second kappa shape index (κ2) is 8.09. The fourth-order valence-electron chi connectivity index (χ4n) is 3.76. The standard InChI is InChI=1S/C25H23N5OS/c1-16-9-7-8-10-19(16)15-29-17(2)13-23(28-29)26-24(31)22-14-21-18(3)27-30(25(21)32-22)20-11-5-4-6-12-20/h4-14H,15H2,1-3H3,(H,26,28,31). The summed E-state index contributed by atoms with van der Waals surface area (Å²) in [6.07, 6.45) is 0. The Balaban J connectivity index is 1.39. The molecule has 0 spiro atoms. The van der Waals surface area contributed by atoms with E-state index in [9.17, 15) is 4.79 Å². The van der Waals surface area contributed by atoms with Gasteiger partial charge in [0, 0.05) is 17.1 Å². The molecular weight excluding hydrogens is 418 g/mol. The number of fused-ring (bicyclic) bond motifs is 1. The highest BCUT2D eigenvalue weighted by molar-refractivity contribution is 7.20. The molecule has 3 aromatic heterocycles. The van der Waals surface area contributed by atoms with Gasteiger partial charge < -0.3 is 5.32 Å². The number of carbonyl (C=O) groups is 1. The lowest BCUT2D eigenvalue weighted by atomic mass is 10.1. The molecule has 0 aliphatic carbocycles. The van der Waals surface area contributed by atoms with E-state index < -0.39 is 0 Å². The quantitative estimate of drug-likeness (QED) is 0.391. The molecule has 1 N–H and O–H groups in total. The highest BCUT2D eigenvalue weighted by Crippen LogP contribution is 2.30. The minimum absolute atomic E-state index is 0.161. The summed E-state index contributed by atoms with van der Waals surface area (Å²) in [6.45, 7) is 6.73. The van der Waals surface area contributed by atoms with Crippen LogP contribution in [0.2, 0.25) is 0 Å². The van der Waals surface area contributed by atoms with E-state index in [4.69, 9.17) is 0 Å². The summed E-state index contributed by atoms with van der Waals surface area (Å²) in [4.78, 5) is 14.6. The molecule has 0 saturated heterocycles. The number of benzene rings is 2. The first-order valence-electron chi connectivity index (χ1n) is 10.4. The molecular formula is C25H23N5OS. The molecule has 160 valence electrons. The molecule has 0 aliphatic rings. The number of anilines is 1. The fraction of sp³-hybridized carbons (Fsp3) is 0.160. The average Bonchev–Trinajstić information content (AvgIpc) is 3.46. The molecule has 7 heteroatoms. The minimum atomic E-state index is -0.161. The van der Waals surface area contributed by atoms with E-state index in [2.05, 4.69) is 34.6 Å². The van der Waals surface area contributed by atoms with Gasteiger partial charge in [-0.3, -0.25) is 9.48 Å². The van der Waals surface area contributed by atoms with Crippen molar-refractivity contribution in [1.29, 1.82) is 0 Å². The molecule has 0 saturated carbocycles. The molecule has 0 radical (unpaired) electrons. The van der Waals surface area contributed by atoms with Crippen molar-refractivity contribution in [2.45, 2.75) is 27.3 Å². The van der Waals surface area contributed by atoms with Crippen LogP contribution in [-0.4, -0.2) is 25.5 Å². The maximum absolute atomic E-state index is 13.0. The van der Waals surface area contributed by atoms with Gasteiger partial charge in [0.05, 0.1) is 22.8 Å². The second-order valence-electron chi connectivity index (χ2n) is 7.87. The molecule has 0 bridgehead atoms. The Hall–Kier alpha value is -3.71. The van der Waals surface area contributed by atoms with Crippen LogP contribution in [0.1, 0.15) is 32.2 Å². The van der Waals surface area contributed by atoms with Crippen LogP contribution < -0.4 is 5.32 Å². The van der Waals surface area contributed by atoms with Crippen LogP contribution in [0.5, 0.6) is 0 Å². The molecule has 0 unspecified atom stereocenters. The predicted octanol–water partition coefficient (Wildman–Crippen LogP) is 5.51. The summed E-state index contributed by atoms with van der Waals surface area (Å²) >= 11 is 1.44. The molecule has 1 amide bonds. The highest BCUT2D eigenvalue weighted by atomic mass is 32.1. The maximum Gasteiger partial charge on any atom is 0.267 e. The Morgan fingerprint density at radius 1 is 0.969 bits per heavy atom. The van der Waals surface area contributed by atoms with E-state index in [-0.39, 0.29) is 5.91 Å². The number of aryl methyl sites for hydroxylation is 3. The van der Waals surface area contributed by atoms with Crippen molar-refractivity contribution < 1.29 is 4.79 Å². The first kappa shape index (κ1) is 20.2. The molecule has 2 aromatic carbocycles. The third-order valence-electron chi connectivity index (χ3n) is 5.57. The molecule has 5 rings (SSSR count). The van der Waals surface area contributed by atoms with Crippen LogP contribution in [0, 0.1) is 20.8 Å². The number of carbonyl (C=O) groups excluding carboxylic acids is 1. The minimum Gasteiger partial charge on any atom is -0.304 e. The summed E-state index contributed by atoms with van der Waals surface area (Å²) in [5.41, 5.74) is 5.31. The van der Waals surface area contributed by atoms with Gasteiger partial charge in [-0.05, 0) is 50.1 Å². The van der Waals surface area contributed by atoms with Crippen LogP contribution in [0.25, 0.3) is 15.9 Å². The van der Waals surface area contributed by atoms with Crippen molar-refractivity contribution >= 4 is 33.3 Å². The molecule has 32 heavy (non-hydrogen) atoms. The number of para-hydroxylation sites is 1. The number of rotatable bonds is 5. The topological polar surface area (TPSA) is 64.7 Å². The fourth-order valence-corrected chi connectivity index (χ4v) is 4.84. The van der Waals surface area contributed by atoms with Crippen LogP contribution in [0.15, 0.2) is 66.7 Å². The largest absolute Gasteiger partial charge is 0.304 e. The molecule has 0 atom stereocenters. The van der Waals surface area contributed by atoms with Gasteiger partial charge >= 0.3 is 0 Å². The summed E-state index contributed by atoms with van der Waals surface area (Å²) < 4.78 is 3.81. The predicted molar refractivity (Wildman–Crippen MR) is 129 cm³/mol. The van der Waals surface area contributed by atoms with Crippen molar-refractivity contribution in [2.24, 2.45) is 0 Å². The Bertz CT molecular complexity index is 1430. The maximum atomic E-state index is 13.0. The molecule has 0 fully saturated rings. The third kappa shape index (κ3) is 3.71.